The quantitative estimate of drug-likeness (QED) is 0.471. The molecule has 0 bridgehead atoms. The molecule has 0 aromatic rings. The molecule has 4 nitrogen and oxygen atoms in total. The molecule has 68 valence electrons. The standard InChI is InChI=1S/C7H8O4.ClH/c1-2-11-7(9)5-3-10-4-6(5)8;/h3H,2,4H2,1H3;1H. The van der Waals surface area contributed by atoms with Crippen molar-refractivity contribution >= 4 is 24.2 Å². The highest BCUT2D eigenvalue weighted by Crippen LogP contribution is 2.07. The Morgan fingerprint density at radius 1 is 1.75 bits per heavy atom. The number of halogens is 1. The van der Waals surface area contributed by atoms with Crippen LogP contribution in [0, 0.1) is 0 Å². The first kappa shape index (κ1) is 11.0. The Bertz CT molecular complexity index is 221. The first-order valence-electron chi connectivity index (χ1n) is 3.27. The molecule has 1 aliphatic rings. The zero-order valence-corrected chi connectivity index (χ0v) is 7.35. The number of carbonyl (C=O) groups is 2. The number of ether oxygens (including phenoxy) is 2. The molecule has 5 heteroatoms. The molecule has 0 atom stereocenters. The maximum Gasteiger partial charge on any atom is 0.345 e. The lowest BCUT2D eigenvalue weighted by atomic mass is 10.2. The molecule has 0 saturated carbocycles. The topological polar surface area (TPSA) is 52.6 Å². The van der Waals surface area contributed by atoms with Gasteiger partial charge in [0.2, 0.25) is 5.78 Å². The van der Waals surface area contributed by atoms with Crippen LogP contribution in [-0.4, -0.2) is 25.0 Å². The summed E-state index contributed by atoms with van der Waals surface area (Å²) in [5, 5.41) is 0. The number of rotatable bonds is 2. The lowest BCUT2D eigenvalue weighted by Gasteiger charge is -1.97. The first-order chi connectivity index (χ1) is 5.25. The second kappa shape index (κ2) is 4.77. The molecular weight excluding hydrogens is 184 g/mol. The van der Waals surface area contributed by atoms with E-state index in [0.717, 1.165) is 6.26 Å². The molecule has 1 rings (SSSR count). The summed E-state index contributed by atoms with van der Waals surface area (Å²) in [7, 11) is 0. The van der Waals surface area contributed by atoms with E-state index in [9.17, 15) is 9.59 Å². The highest BCUT2D eigenvalue weighted by molar-refractivity contribution is 6.18. The molecule has 0 amide bonds. The summed E-state index contributed by atoms with van der Waals surface area (Å²) in [5.41, 5.74) is 0.00634. The highest BCUT2D eigenvalue weighted by Gasteiger charge is 2.24. The van der Waals surface area contributed by atoms with Crippen LogP contribution in [0.4, 0.5) is 0 Å². The third kappa shape index (κ3) is 2.23. The number of carbonyl (C=O) groups excluding carboxylic acids is 2. The summed E-state index contributed by atoms with van der Waals surface area (Å²) < 4.78 is 9.21. The molecule has 1 heterocycles. The van der Waals surface area contributed by atoms with Gasteiger partial charge in [0.15, 0.2) is 6.61 Å². The van der Waals surface area contributed by atoms with Crippen LogP contribution in [-0.2, 0) is 19.1 Å². The summed E-state index contributed by atoms with van der Waals surface area (Å²) in [6.45, 7) is 1.90. The number of ketones is 1. The lowest BCUT2D eigenvalue weighted by Crippen LogP contribution is -2.14. The van der Waals surface area contributed by atoms with E-state index in [0.29, 0.717) is 0 Å². The van der Waals surface area contributed by atoms with Crippen molar-refractivity contribution in [1.82, 2.24) is 0 Å². The van der Waals surface area contributed by atoms with Crippen molar-refractivity contribution < 1.29 is 19.1 Å². The Labute approximate surface area is 75.9 Å². The van der Waals surface area contributed by atoms with Crippen LogP contribution in [0.3, 0.4) is 0 Å². The molecule has 0 spiro atoms. The Morgan fingerprint density at radius 2 is 2.42 bits per heavy atom. The number of esters is 1. The minimum Gasteiger partial charge on any atom is -0.492 e. The molecule has 1 aliphatic heterocycles. The van der Waals surface area contributed by atoms with Gasteiger partial charge in [0.25, 0.3) is 0 Å². The summed E-state index contributed by atoms with van der Waals surface area (Å²) in [5.74, 6) is -0.918. The lowest BCUT2D eigenvalue weighted by molar-refractivity contribution is -0.139. The van der Waals surface area contributed by atoms with Crippen LogP contribution in [0.15, 0.2) is 11.8 Å². The fraction of sp³-hybridized carbons (Fsp3) is 0.429. The Morgan fingerprint density at radius 3 is 2.83 bits per heavy atom. The first-order valence-corrected chi connectivity index (χ1v) is 3.27. The van der Waals surface area contributed by atoms with Crippen molar-refractivity contribution in [3.8, 4) is 0 Å². The Hall–Kier alpha value is -1.03. The van der Waals surface area contributed by atoms with E-state index in [4.69, 9.17) is 0 Å². The van der Waals surface area contributed by atoms with Gasteiger partial charge in [-0.1, -0.05) is 0 Å². The van der Waals surface area contributed by atoms with Gasteiger partial charge in [0.1, 0.15) is 11.8 Å². The normalized spacial score (nSPS) is 14.4. The molecular formula is C7H9ClO4. The fourth-order valence-electron chi connectivity index (χ4n) is 0.715. The van der Waals surface area contributed by atoms with Crippen LogP contribution in [0.25, 0.3) is 0 Å². The van der Waals surface area contributed by atoms with Gasteiger partial charge in [-0.3, -0.25) is 4.79 Å². The number of Topliss-reactive ketones (excluding diaryl/α,β-unsaturated/α-hetero) is 1. The van der Waals surface area contributed by atoms with E-state index in [1.54, 1.807) is 6.92 Å². The summed E-state index contributed by atoms with van der Waals surface area (Å²) in [4.78, 5) is 21.7. The zero-order chi connectivity index (χ0) is 8.27. The zero-order valence-electron chi connectivity index (χ0n) is 6.53. The summed E-state index contributed by atoms with van der Waals surface area (Å²) in [6, 6.07) is 0. The van der Waals surface area contributed by atoms with E-state index >= 15 is 0 Å². The van der Waals surface area contributed by atoms with Gasteiger partial charge in [0.05, 0.1) is 6.61 Å². The minimum absolute atomic E-state index is 0. The molecule has 0 saturated heterocycles. The maximum atomic E-state index is 10.9. The monoisotopic (exact) mass is 192 g/mol. The van der Waals surface area contributed by atoms with Gasteiger partial charge < -0.3 is 9.47 Å². The van der Waals surface area contributed by atoms with Crippen LogP contribution in [0.2, 0.25) is 0 Å². The molecule has 0 unspecified atom stereocenters. The molecule has 12 heavy (non-hydrogen) atoms. The SMILES string of the molecule is CCOC(=O)C1=COCC1=O.Cl. The van der Waals surface area contributed by atoms with E-state index in [1.165, 1.54) is 0 Å². The van der Waals surface area contributed by atoms with Crippen molar-refractivity contribution in [3.63, 3.8) is 0 Å². The van der Waals surface area contributed by atoms with E-state index in [1.807, 2.05) is 0 Å². The van der Waals surface area contributed by atoms with Gasteiger partial charge >= 0.3 is 5.97 Å². The van der Waals surface area contributed by atoms with Gasteiger partial charge in [-0.2, -0.15) is 0 Å². The largest absolute Gasteiger partial charge is 0.492 e. The van der Waals surface area contributed by atoms with Crippen molar-refractivity contribution in [2.24, 2.45) is 0 Å². The van der Waals surface area contributed by atoms with E-state index in [-0.39, 0.29) is 37.0 Å². The second-order valence-corrected chi connectivity index (χ2v) is 1.99. The molecule has 0 radical (unpaired) electrons. The summed E-state index contributed by atoms with van der Waals surface area (Å²) >= 11 is 0. The van der Waals surface area contributed by atoms with Crippen LogP contribution >= 0.6 is 12.4 Å². The van der Waals surface area contributed by atoms with Crippen molar-refractivity contribution in [2.75, 3.05) is 13.2 Å². The van der Waals surface area contributed by atoms with Gasteiger partial charge in [0, 0.05) is 0 Å². The second-order valence-electron chi connectivity index (χ2n) is 1.99. The van der Waals surface area contributed by atoms with Crippen LogP contribution in [0.1, 0.15) is 6.92 Å². The third-order valence-corrected chi connectivity index (χ3v) is 1.21. The smallest absolute Gasteiger partial charge is 0.345 e. The average molecular weight is 193 g/mol. The van der Waals surface area contributed by atoms with E-state index < -0.39 is 5.97 Å². The molecule has 0 aromatic carbocycles. The van der Waals surface area contributed by atoms with Crippen molar-refractivity contribution in [2.45, 2.75) is 6.92 Å². The summed E-state index contributed by atoms with van der Waals surface area (Å²) in [6.07, 6.45) is 1.14. The maximum absolute atomic E-state index is 10.9. The molecule has 0 fully saturated rings. The Balaban J connectivity index is 0.00000121. The van der Waals surface area contributed by atoms with Crippen LogP contribution < -0.4 is 0 Å². The van der Waals surface area contributed by atoms with Crippen LogP contribution in [0.5, 0.6) is 0 Å². The Kier molecular flexibility index (Phi) is 4.36. The fourth-order valence-corrected chi connectivity index (χ4v) is 0.715. The molecule has 0 aromatic heterocycles. The predicted molar refractivity (Wildman–Crippen MR) is 42.9 cm³/mol. The van der Waals surface area contributed by atoms with Crippen molar-refractivity contribution in [1.29, 1.82) is 0 Å². The minimum atomic E-state index is -0.602. The van der Waals surface area contributed by atoms with Gasteiger partial charge in [-0.05, 0) is 6.92 Å². The third-order valence-electron chi connectivity index (χ3n) is 1.21. The van der Waals surface area contributed by atoms with Gasteiger partial charge in [-0.25, -0.2) is 4.79 Å². The molecule has 0 N–H and O–H groups in total. The highest BCUT2D eigenvalue weighted by atomic mass is 35.5. The molecule has 0 aliphatic carbocycles. The van der Waals surface area contributed by atoms with E-state index in [2.05, 4.69) is 9.47 Å². The number of hydrogen-bond acceptors (Lipinski definition) is 4. The predicted octanol–water partition coefficient (Wildman–Crippen LogP) is 0.454. The van der Waals surface area contributed by atoms with Crippen molar-refractivity contribution in [3.05, 3.63) is 11.8 Å². The van der Waals surface area contributed by atoms with Gasteiger partial charge in [-0.15, -0.1) is 12.4 Å². The number of hydrogen-bond donors (Lipinski definition) is 0. The average Bonchev–Trinajstić information content (AvgIpc) is 2.36.